The number of unbranched alkanes of at least 4 members (excludes halogenated alkanes) is 2. The third kappa shape index (κ3) is 24.3. The highest BCUT2D eigenvalue weighted by molar-refractivity contribution is 6.13. The number of nitrogens with zero attached hydrogens (tertiary/aromatic N) is 4. The third-order valence-corrected chi connectivity index (χ3v) is 17.3. The Hall–Kier alpha value is -8.59. The van der Waals surface area contributed by atoms with Crippen LogP contribution in [-0.4, -0.2) is 188 Å². The molecule has 95 heavy (non-hydrogen) atoms. The number of benzene rings is 2. The zero-order valence-corrected chi connectivity index (χ0v) is 57.4. The number of aliphatic imine (C=N–C) groups is 1. The van der Waals surface area contributed by atoms with Crippen molar-refractivity contribution in [3.8, 4) is 0 Å². The maximum Gasteiger partial charge on any atom is 0.408 e. The van der Waals surface area contributed by atoms with Crippen LogP contribution in [-0.2, 0) is 79.9 Å². The molecule has 4 rings (SSSR count). The highest BCUT2D eigenvalue weighted by atomic mass is 16.5. The van der Waals surface area contributed by atoms with Gasteiger partial charge in [0.1, 0.15) is 30.3 Å². The van der Waals surface area contributed by atoms with E-state index >= 15 is 0 Å². The molecular formula is C68H101N11O16. The molecule has 8 N–H and O–H groups in total. The van der Waals surface area contributed by atoms with Gasteiger partial charge in [0, 0.05) is 77.8 Å². The number of nitrogens with two attached hydrogens (primary N) is 1. The Morgan fingerprint density at radius 2 is 1.43 bits per heavy atom. The summed E-state index contributed by atoms with van der Waals surface area (Å²) in [5.41, 5.74) is 5.28. The molecule has 2 aromatic rings. The second-order valence-corrected chi connectivity index (χ2v) is 25.5. The zero-order chi connectivity index (χ0) is 70.7. The first-order valence-electron chi connectivity index (χ1n) is 32.6. The second kappa shape index (κ2) is 38.7. The minimum atomic E-state index is -1.61. The number of carbonyl (C=O) groups is 12. The van der Waals surface area contributed by atoms with Crippen molar-refractivity contribution in [1.29, 1.82) is 0 Å². The standard InChI is InChI=1S/C68H101N11O16/c1-14-43(6)58(52(92-11)38-56(83)78-36-22-26-51(78)59(93-12)44(7)60(84)74-50(64(88)94-13)37-45-23-17-15-18-24-45)77(10)63(87)48(41(2)3)39-71-65(89)68(8,9)76-67(91)95-40-46-28-30-47(31-29-46)72-61(85)49(25-21-34-70-66(69)90)73-62(86)57(42(4)5)75-53(80)27-19-16-20-35-79-54(81)32-33-55(79)82/h15,17-18,23-24,28-33,39,41-44,48-52,57-59H,14,16,19-22,25-27,34-38,40H2,1-13H3,(H,72,85)(H,73,86)(H,74,84)(H,75,80)(H,76,91)(H3,69,70,90)/t43-,44+,48?,49-,50-,51-,52+,57-,58-,59+/m0/s1. The van der Waals surface area contributed by atoms with Gasteiger partial charge in [-0.1, -0.05) is 104 Å². The first-order chi connectivity index (χ1) is 45.0. The number of urea groups is 1. The van der Waals surface area contributed by atoms with Crippen molar-refractivity contribution in [2.24, 2.45) is 40.3 Å². The van der Waals surface area contributed by atoms with Crippen LogP contribution in [0.5, 0.6) is 0 Å². The summed E-state index contributed by atoms with van der Waals surface area (Å²) in [6, 6.07) is 10.6. The molecule has 2 aliphatic heterocycles. The van der Waals surface area contributed by atoms with Crippen LogP contribution < -0.4 is 37.6 Å². The summed E-state index contributed by atoms with van der Waals surface area (Å²) in [6.07, 6.45) is 5.08. The van der Waals surface area contributed by atoms with Crippen molar-refractivity contribution in [3.05, 3.63) is 77.9 Å². The molecule has 524 valence electrons. The van der Waals surface area contributed by atoms with E-state index in [-0.39, 0.29) is 93.2 Å². The van der Waals surface area contributed by atoms with E-state index in [0.29, 0.717) is 56.3 Å². The summed E-state index contributed by atoms with van der Waals surface area (Å²) in [5.74, 6) is -7.39. The van der Waals surface area contributed by atoms with Gasteiger partial charge in [0.25, 0.3) is 17.7 Å². The molecule has 2 aliphatic rings. The van der Waals surface area contributed by atoms with Crippen LogP contribution in [0.25, 0.3) is 0 Å². The van der Waals surface area contributed by atoms with E-state index < -0.39 is 107 Å². The van der Waals surface area contributed by atoms with Crippen LogP contribution in [0.2, 0.25) is 0 Å². The van der Waals surface area contributed by atoms with Gasteiger partial charge >= 0.3 is 18.1 Å². The highest BCUT2D eigenvalue weighted by Gasteiger charge is 2.44. The van der Waals surface area contributed by atoms with Crippen molar-refractivity contribution < 1.29 is 76.5 Å². The summed E-state index contributed by atoms with van der Waals surface area (Å²) >= 11 is 0. The molecule has 12 amide bonds. The molecule has 2 aromatic carbocycles. The lowest BCUT2D eigenvalue weighted by atomic mass is 9.88. The van der Waals surface area contributed by atoms with E-state index in [9.17, 15) is 57.5 Å². The fourth-order valence-corrected chi connectivity index (χ4v) is 11.5. The third-order valence-electron chi connectivity index (χ3n) is 17.3. The molecular weight excluding hydrogens is 1230 g/mol. The maximum absolute atomic E-state index is 14.6. The zero-order valence-electron chi connectivity index (χ0n) is 57.4. The predicted octanol–water partition coefficient (Wildman–Crippen LogP) is 4.88. The molecule has 0 bridgehead atoms. The number of amides is 12. The van der Waals surface area contributed by atoms with Gasteiger partial charge in [-0.05, 0) is 93.4 Å². The van der Waals surface area contributed by atoms with E-state index in [4.69, 9.17) is 24.7 Å². The van der Waals surface area contributed by atoms with Crippen LogP contribution >= 0.6 is 0 Å². The number of primary amides is 1. The smallest absolute Gasteiger partial charge is 0.408 e. The number of hydrogen-bond acceptors (Lipinski definition) is 16. The minimum Gasteiger partial charge on any atom is -0.467 e. The van der Waals surface area contributed by atoms with Gasteiger partial charge in [0.2, 0.25) is 35.4 Å². The molecule has 10 atom stereocenters. The average molecular weight is 1330 g/mol. The number of imide groups is 1. The van der Waals surface area contributed by atoms with Gasteiger partial charge in [-0.25, -0.2) is 19.4 Å². The fraction of sp³-hybridized carbons (Fsp3) is 0.603. The van der Waals surface area contributed by atoms with E-state index in [1.54, 1.807) is 61.9 Å². The molecule has 0 aromatic heterocycles. The second-order valence-electron chi connectivity index (χ2n) is 25.5. The molecule has 2 heterocycles. The van der Waals surface area contributed by atoms with Crippen molar-refractivity contribution in [2.75, 3.05) is 53.3 Å². The Morgan fingerprint density at radius 1 is 0.779 bits per heavy atom. The average Bonchev–Trinajstić information content (AvgIpc) is 1.81. The topological polar surface area (TPSA) is 362 Å². The lowest BCUT2D eigenvalue weighted by Gasteiger charge is -2.40. The Labute approximate surface area is 557 Å². The van der Waals surface area contributed by atoms with Crippen LogP contribution in [0.4, 0.5) is 15.3 Å². The van der Waals surface area contributed by atoms with E-state index in [1.165, 1.54) is 53.5 Å². The number of hydrogen-bond donors (Lipinski definition) is 7. The van der Waals surface area contributed by atoms with Crippen molar-refractivity contribution in [3.63, 3.8) is 0 Å². The summed E-state index contributed by atoms with van der Waals surface area (Å²) in [4.78, 5) is 167. The molecule has 27 heteroatoms. The Morgan fingerprint density at radius 3 is 2.02 bits per heavy atom. The molecule has 0 saturated carbocycles. The number of anilines is 1. The Kier molecular flexibility index (Phi) is 32.1. The quantitative estimate of drug-likeness (QED) is 0.0204. The van der Waals surface area contributed by atoms with Crippen LogP contribution in [0.15, 0.2) is 71.7 Å². The molecule has 1 unspecified atom stereocenters. The summed E-state index contributed by atoms with van der Waals surface area (Å²) in [7, 11) is 5.86. The van der Waals surface area contributed by atoms with Gasteiger partial charge < -0.3 is 66.4 Å². The lowest BCUT2D eigenvalue weighted by molar-refractivity contribution is -0.148. The number of rotatable bonds is 38. The van der Waals surface area contributed by atoms with Crippen LogP contribution in [0.1, 0.15) is 138 Å². The van der Waals surface area contributed by atoms with Gasteiger partial charge in [0.05, 0.1) is 49.7 Å². The highest BCUT2D eigenvalue weighted by Crippen LogP contribution is 2.31. The normalized spacial score (nSPS) is 16.8. The molecule has 1 fully saturated rings. The number of carbonyl (C=O) groups excluding carboxylic acids is 12. The van der Waals surface area contributed by atoms with Crippen molar-refractivity contribution in [2.45, 2.75) is 188 Å². The molecule has 0 spiro atoms. The number of esters is 1. The fourth-order valence-electron chi connectivity index (χ4n) is 11.5. The first-order valence-corrected chi connectivity index (χ1v) is 32.6. The van der Waals surface area contributed by atoms with E-state index in [0.717, 1.165) is 10.5 Å². The monoisotopic (exact) mass is 1330 g/mol. The molecule has 0 radical (unpaired) electrons. The van der Waals surface area contributed by atoms with Crippen molar-refractivity contribution in [1.82, 2.24) is 41.3 Å². The lowest BCUT2D eigenvalue weighted by Crippen LogP contribution is -2.55. The Bertz CT molecular complexity index is 2990. The van der Waals surface area contributed by atoms with Crippen molar-refractivity contribution >= 4 is 83.2 Å². The van der Waals surface area contributed by atoms with Crippen LogP contribution in [0.3, 0.4) is 0 Å². The summed E-state index contributed by atoms with van der Waals surface area (Å²) < 4.78 is 22.5. The number of methoxy groups -OCH3 is 3. The minimum absolute atomic E-state index is 0.0802. The number of nitrogens with one attached hydrogen (secondary N) is 6. The summed E-state index contributed by atoms with van der Waals surface area (Å²) in [6.45, 7) is 16.1. The van der Waals surface area contributed by atoms with Gasteiger partial charge in [-0.3, -0.25) is 48.1 Å². The predicted molar refractivity (Wildman–Crippen MR) is 354 cm³/mol. The Balaban J connectivity index is 1.34. The van der Waals surface area contributed by atoms with E-state index in [1.807, 2.05) is 58.0 Å². The van der Waals surface area contributed by atoms with Gasteiger partial charge in [-0.15, -0.1) is 0 Å². The SMILES string of the molecule is CC[C@H](C)[C@@H]([C@@H](CC(=O)N1CCC[C@H]1[C@H](OC)[C@@H](C)C(=O)N[C@@H](Cc1ccccc1)C(=O)OC)OC)N(C)C(=O)C(C=NC(=O)C(C)(C)NC(=O)OCc1ccc(NC(=O)[C@H](CCCNC(N)=O)NC(=O)[C@@H](NC(=O)CCCCCN2C(=O)C=CC2=O)C(C)C)cc1)C(C)C. The van der Waals surface area contributed by atoms with Crippen LogP contribution in [0, 0.1) is 29.6 Å². The summed E-state index contributed by atoms with van der Waals surface area (Å²) in [5, 5.41) is 16.1. The first kappa shape index (κ1) is 78.9. The number of likely N-dealkylation sites (N-methyl/N-ethyl adjacent to an activating group) is 1. The largest absolute Gasteiger partial charge is 0.467 e. The maximum atomic E-state index is 14.6. The number of alkyl carbamates (subject to hydrolysis) is 1. The molecule has 0 aliphatic carbocycles. The van der Waals surface area contributed by atoms with Gasteiger partial charge in [-0.2, -0.15) is 0 Å². The van der Waals surface area contributed by atoms with E-state index in [2.05, 4.69) is 36.9 Å². The molecule has 1 saturated heterocycles. The number of likely N-dealkylation sites (tertiary alicyclic amines) is 1. The molecule has 27 nitrogen and oxygen atoms in total. The van der Waals surface area contributed by atoms with Gasteiger partial charge in [0.15, 0.2) is 0 Å². The number of ether oxygens (including phenoxy) is 4.